The van der Waals surface area contributed by atoms with Crippen LogP contribution in [0.4, 0.5) is 0 Å². The van der Waals surface area contributed by atoms with Crippen LogP contribution in [0.5, 0.6) is 0 Å². The van der Waals surface area contributed by atoms with Crippen LogP contribution in [0.1, 0.15) is 20.7 Å². The van der Waals surface area contributed by atoms with Gasteiger partial charge in [0.1, 0.15) is 18.3 Å². The molecule has 3 heterocycles. The van der Waals surface area contributed by atoms with Gasteiger partial charge in [-0.2, -0.15) is 0 Å². The van der Waals surface area contributed by atoms with Gasteiger partial charge in [-0.25, -0.2) is 9.59 Å². The summed E-state index contributed by atoms with van der Waals surface area (Å²) >= 11 is 0. The molecule has 8 heteroatoms. The topological polar surface area (TPSA) is 89.5 Å². The molecule has 0 aromatic heterocycles. The molecular weight excluding hydrogens is 404 g/mol. The fourth-order valence-electron chi connectivity index (χ4n) is 4.06. The molecule has 4 bridgehead atoms. The number of ether oxygens (including phenoxy) is 6. The normalized spacial score (nSPS) is 30.5. The fraction of sp³-hybridized carbons (Fsp3) is 0.304. The number of benzene rings is 2. The van der Waals surface area contributed by atoms with Crippen molar-refractivity contribution in [2.45, 2.75) is 37.0 Å². The van der Waals surface area contributed by atoms with Crippen molar-refractivity contribution >= 4 is 11.9 Å². The maximum absolute atomic E-state index is 12.7. The molecule has 2 aromatic carbocycles. The lowest BCUT2D eigenvalue weighted by molar-refractivity contribution is -0.444. The fourth-order valence-corrected chi connectivity index (χ4v) is 4.06. The number of methoxy groups -OCH3 is 1. The molecule has 4 atom stereocenters. The van der Waals surface area contributed by atoms with E-state index < -0.39 is 48.9 Å². The summed E-state index contributed by atoms with van der Waals surface area (Å²) in [6.07, 6.45) is -2.25. The van der Waals surface area contributed by atoms with Gasteiger partial charge in [-0.15, -0.1) is 0 Å². The molecule has 0 spiro atoms. The zero-order valence-electron chi connectivity index (χ0n) is 16.6. The molecule has 6 rings (SSSR count). The van der Waals surface area contributed by atoms with Gasteiger partial charge in [-0.3, -0.25) is 0 Å². The third-order valence-electron chi connectivity index (χ3n) is 5.44. The zero-order chi connectivity index (χ0) is 21.4. The van der Waals surface area contributed by atoms with Crippen molar-refractivity contribution in [1.29, 1.82) is 0 Å². The van der Waals surface area contributed by atoms with Gasteiger partial charge in [0.25, 0.3) is 6.48 Å². The number of esters is 2. The van der Waals surface area contributed by atoms with Crippen molar-refractivity contribution in [2.24, 2.45) is 0 Å². The third kappa shape index (κ3) is 3.59. The van der Waals surface area contributed by atoms with Gasteiger partial charge in [0.05, 0.1) is 24.5 Å². The van der Waals surface area contributed by atoms with Crippen molar-refractivity contribution in [3.8, 4) is 0 Å². The van der Waals surface area contributed by atoms with Crippen molar-refractivity contribution in [3.63, 3.8) is 0 Å². The van der Waals surface area contributed by atoms with Gasteiger partial charge in [0, 0.05) is 5.57 Å². The summed E-state index contributed by atoms with van der Waals surface area (Å²) in [5.41, 5.74) is 1.36. The van der Waals surface area contributed by atoms with Gasteiger partial charge >= 0.3 is 11.9 Å². The van der Waals surface area contributed by atoms with Crippen LogP contribution in [0.25, 0.3) is 0 Å². The van der Waals surface area contributed by atoms with Gasteiger partial charge < -0.3 is 28.4 Å². The summed E-state index contributed by atoms with van der Waals surface area (Å²) in [6, 6.07) is 17.2. The number of hydrogen-bond acceptors (Lipinski definition) is 8. The molecule has 3 saturated heterocycles. The van der Waals surface area contributed by atoms with E-state index in [-0.39, 0.29) is 0 Å². The smallest absolute Gasteiger partial charge is 0.338 e. The summed E-state index contributed by atoms with van der Waals surface area (Å²) in [5, 5.41) is 0. The molecule has 1 saturated carbocycles. The Morgan fingerprint density at radius 1 is 0.774 bits per heavy atom. The molecule has 4 fully saturated rings. The minimum Gasteiger partial charge on any atom is -0.504 e. The van der Waals surface area contributed by atoms with E-state index in [1.165, 1.54) is 13.4 Å². The minimum atomic E-state index is -0.938. The molecule has 160 valence electrons. The lowest BCUT2D eigenvalue weighted by Gasteiger charge is -2.55. The van der Waals surface area contributed by atoms with E-state index in [1.807, 2.05) is 12.1 Å². The second-order valence-corrected chi connectivity index (χ2v) is 7.33. The van der Waals surface area contributed by atoms with Gasteiger partial charge in [0.15, 0.2) is 12.2 Å². The maximum atomic E-state index is 12.7. The Hall–Kier alpha value is -3.20. The number of carbonyl (C=O) groups is 2. The van der Waals surface area contributed by atoms with E-state index >= 15 is 0 Å². The van der Waals surface area contributed by atoms with Gasteiger partial charge in [-0.05, 0) is 24.3 Å². The molecule has 0 N–H and O–H groups in total. The lowest BCUT2D eigenvalue weighted by Crippen LogP contribution is -2.71. The zero-order valence-corrected chi connectivity index (χ0v) is 16.6. The van der Waals surface area contributed by atoms with E-state index in [9.17, 15) is 9.59 Å². The molecule has 8 nitrogen and oxygen atoms in total. The Bertz CT molecular complexity index is 916. The molecule has 0 radical (unpaired) electrons. The number of carbonyl (C=O) groups excluding carboxylic acids is 2. The molecule has 1 aliphatic carbocycles. The highest BCUT2D eigenvalue weighted by Crippen LogP contribution is 2.45. The number of rotatable bonds is 5. The average Bonchev–Trinajstić information content (AvgIpc) is 2.81. The maximum Gasteiger partial charge on any atom is 0.338 e. The third-order valence-corrected chi connectivity index (χ3v) is 5.44. The predicted octanol–water partition coefficient (Wildman–Crippen LogP) is 2.45. The Balaban J connectivity index is 1.44. The standard InChI is InChI=1S/C23H20O8/c1-26-12-15-16-18(27-21(24)13-8-4-2-5-9-13)20-19(17(15)30-23(29-16)31-20)28-22(25)14-10-6-3-7-11-14/h2-12,16-20,23H,1H3. The summed E-state index contributed by atoms with van der Waals surface area (Å²) in [6.45, 7) is -0.938. The van der Waals surface area contributed by atoms with Crippen LogP contribution in [0.3, 0.4) is 0 Å². The Labute approximate surface area is 178 Å². The second-order valence-electron chi connectivity index (χ2n) is 7.33. The van der Waals surface area contributed by atoms with Crippen molar-refractivity contribution < 1.29 is 38.0 Å². The second kappa shape index (κ2) is 8.14. The van der Waals surface area contributed by atoms with Crippen molar-refractivity contribution in [2.75, 3.05) is 7.11 Å². The SMILES string of the molecule is COC=C1C2OC3OC1C(OC(=O)c1ccccc1)C(O3)C2OC(=O)c1ccccc1. The van der Waals surface area contributed by atoms with Crippen LogP contribution in [0.2, 0.25) is 0 Å². The average molecular weight is 424 g/mol. The summed E-state index contributed by atoms with van der Waals surface area (Å²) in [5.74, 6) is -1.06. The number of hydrogen-bond donors (Lipinski definition) is 0. The Kier molecular flexibility index (Phi) is 5.19. The highest BCUT2D eigenvalue weighted by molar-refractivity contribution is 5.90. The molecule has 4 unspecified atom stereocenters. The van der Waals surface area contributed by atoms with Crippen LogP contribution in [0.15, 0.2) is 72.5 Å². The molecular formula is C23H20O8. The van der Waals surface area contributed by atoms with Crippen LogP contribution >= 0.6 is 0 Å². The first-order valence-electron chi connectivity index (χ1n) is 9.87. The predicted molar refractivity (Wildman–Crippen MR) is 105 cm³/mol. The van der Waals surface area contributed by atoms with Crippen molar-refractivity contribution in [3.05, 3.63) is 83.6 Å². The monoisotopic (exact) mass is 424 g/mol. The molecule has 3 aliphatic heterocycles. The van der Waals surface area contributed by atoms with Crippen LogP contribution in [-0.2, 0) is 28.4 Å². The van der Waals surface area contributed by atoms with E-state index in [2.05, 4.69) is 0 Å². The highest BCUT2D eigenvalue weighted by atomic mass is 16.9. The van der Waals surface area contributed by atoms with Crippen LogP contribution in [0, 0.1) is 0 Å². The minimum absolute atomic E-state index is 0.391. The molecule has 0 amide bonds. The van der Waals surface area contributed by atoms with Crippen LogP contribution < -0.4 is 0 Å². The van der Waals surface area contributed by atoms with Crippen molar-refractivity contribution in [1.82, 2.24) is 0 Å². The largest absolute Gasteiger partial charge is 0.504 e. The van der Waals surface area contributed by atoms with E-state index in [0.29, 0.717) is 16.7 Å². The Morgan fingerprint density at radius 2 is 1.26 bits per heavy atom. The Morgan fingerprint density at radius 3 is 1.71 bits per heavy atom. The molecule has 4 aliphatic rings. The van der Waals surface area contributed by atoms with E-state index in [4.69, 9.17) is 28.4 Å². The van der Waals surface area contributed by atoms with E-state index in [0.717, 1.165) is 0 Å². The first-order chi connectivity index (χ1) is 15.2. The summed E-state index contributed by atoms with van der Waals surface area (Å²) in [7, 11) is 1.49. The summed E-state index contributed by atoms with van der Waals surface area (Å²) in [4.78, 5) is 25.5. The van der Waals surface area contributed by atoms with Gasteiger partial charge in [-0.1, -0.05) is 36.4 Å². The molecule has 2 aromatic rings. The van der Waals surface area contributed by atoms with E-state index in [1.54, 1.807) is 48.5 Å². The molecule has 31 heavy (non-hydrogen) atoms. The first kappa shape index (κ1) is 19.7. The highest BCUT2D eigenvalue weighted by Gasteiger charge is 2.63. The summed E-state index contributed by atoms with van der Waals surface area (Å²) < 4.78 is 34.1. The van der Waals surface area contributed by atoms with Crippen LogP contribution in [-0.4, -0.2) is 56.0 Å². The first-order valence-corrected chi connectivity index (χ1v) is 9.87. The van der Waals surface area contributed by atoms with Gasteiger partial charge in [0.2, 0.25) is 0 Å². The quantitative estimate of drug-likeness (QED) is 0.534. The lowest BCUT2D eigenvalue weighted by atomic mass is 9.81.